The van der Waals surface area contributed by atoms with E-state index in [1.165, 1.54) is 0 Å². The maximum Gasteiger partial charge on any atom is 0.325 e. The van der Waals surface area contributed by atoms with Gasteiger partial charge in [0.1, 0.15) is 12.1 Å². The topological polar surface area (TPSA) is 81.8 Å². The maximum absolute atomic E-state index is 12.7. The average Bonchev–Trinajstić information content (AvgIpc) is 2.81. The summed E-state index contributed by atoms with van der Waals surface area (Å²) in [5.41, 5.74) is 1.85. The third kappa shape index (κ3) is 3.38. The van der Waals surface area contributed by atoms with Gasteiger partial charge in [0, 0.05) is 25.5 Å². The van der Waals surface area contributed by atoms with Crippen molar-refractivity contribution in [1.82, 2.24) is 10.2 Å². The SMILES string of the molecule is Cc1cc(N(C)C)ccc1NC(=O)CN1C(=O)NC2(CCCCC2)C1=O. The van der Waals surface area contributed by atoms with Crippen LogP contribution in [0.25, 0.3) is 0 Å². The number of anilines is 2. The van der Waals surface area contributed by atoms with Crippen molar-refractivity contribution in [2.75, 3.05) is 30.9 Å². The number of rotatable bonds is 4. The number of urea groups is 1. The van der Waals surface area contributed by atoms with Gasteiger partial charge in [0.05, 0.1) is 0 Å². The van der Waals surface area contributed by atoms with Crippen LogP contribution in [0.3, 0.4) is 0 Å². The molecule has 1 saturated heterocycles. The van der Waals surface area contributed by atoms with Crippen LogP contribution < -0.4 is 15.5 Å². The number of nitrogens with zero attached hydrogens (tertiary/aromatic N) is 2. The van der Waals surface area contributed by atoms with E-state index in [4.69, 9.17) is 0 Å². The van der Waals surface area contributed by atoms with E-state index in [1.54, 1.807) is 0 Å². The second-order valence-electron chi connectivity index (χ2n) is 7.41. The first-order valence-electron chi connectivity index (χ1n) is 9.04. The zero-order chi connectivity index (χ0) is 18.9. The molecule has 2 aliphatic rings. The molecule has 0 bridgehead atoms. The second-order valence-corrected chi connectivity index (χ2v) is 7.41. The first kappa shape index (κ1) is 18.2. The Morgan fingerprint density at radius 2 is 1.92 bits per heavy atom. The third-order valence-electron chi connectivity index (χ3n) is 5.26. The summed E-state index contributed by atoms with van der Waals surface area (Å²) in [6, 6.07) is 5.25. The molecule has 1 saturated carbocycles. The van der Waals surface area contributed by atoms with E-state index in [1.807, 2.05) is 44.1 Å². The number of nitrogens with one attached hydrogen (secondary N) is 2. The van der Waals surface area contributed by atoms with Crippen molar-refractivity contribution in [2.45, 2.75) is 44.6 Å². The van der Waals surface area contributed by atoms with Crippen molar-refractivity contribution in [1.29, 1.82) is 0 Å². The van der Waals surface area contributed by atoms with Gasteiger partial charge in [-0.2, -0.15) is 0 Å². The molecule has 1 spiro atoms. The Hall–Kier alpha value is -2.57. The first-order chi connectivity index (χ1) is 12.3. The molecule has 1 aromatic rings. The van der Waals surface area contributed by atoms with Gasteiger partial charge >= 0.3 is 6.03 Å². The lowest BCUT2D eigenvalue weighted by molar-refractivity contribution is -0.134. The Balaban J connectivity index is 1.66. The highest BCUT2D eigenvalue weighted by Crippen LogP contribution is 2.33. The van der Waals surface area contributed by atoms with Gasteiger partial charge in [0.15, 0.2) is 0 Å². The fraction of sp³-hybridized carbons (Fsp3) is 0.526. The minimum atomic E-state index is -0.793. The van der Waals surface area contributed by atoms with Crippen LogP contribution in [-0.4, -0.2) is 48.9 Å². The average molecular weight is 358 g/mol. The number of imide groups is 1. The van der Waals surface area contributed by atoms with Gasteiger partial charge in [-0.05, 0) is 43.5 Å². The molecule has 140 valence electrons. The number of benzene rings is 1. The van der Waals surface area contributed by atoms with Crippen LogP contribution in [0.4, 0.5) is 16.2 Å². The minimum absolute atomic E-state index is 0.263. The summed E-state index contributed by atoms with van der Waals surface area (Å²) >= 11 is 0. The Kier molecular flexibility index (Phi) is 4.89. The Morgan fingerprint density at radius 3 is 2.54 bits per heavy atom. The van der Waals surface area contributed by atoms with E-state index in [0.29, 0.717) is 18.5 Å². The first-order valence-corrected chi connectivity index (χ1v) is 9.04. The molecule has 2 N–H and O–H groups in total. The summed E-state index contributed by atoms with van der Waals surface area (Å²) in [6.45, 7) is 1.65. The van der Waals surface area contributed by atoms with E-state index in [2.05, 4.69) is 10.6 Å². The van der Waals surface area contributed by atoms with Crippen LogP contribution in [-0.2, 0) is 9.59 Å². The molecule has 0 atom stereocenters. The summed E-state index contributed by atoms with van der Waals surface area (Å²) in [4.78, 5) is 40.4. The number of carbonyl (C=O) groups excluding carboxylic acids is 3. The van der Waals surface area contributed by atoms with Crippen molar-refractivity contribution in [2.24, 2.45) is 0 Å². The third-order valence-corrected chi connectivity index (χ3v) is 5.26. The van der Waals surface area contributed by atoms with Crippen LogP contribution in [0.15, 0.2) is 18.2 Å². The fourth-order valence-electron chi connectivity index (χ4n) is 3.71. The minimum Gasteiger partial charge on any atom is -0.378 e. The molecule has 7 heteroatoms. The zero-order valence-electron chi connectivity index (χ0n) is 15.6. The number of hydrogen-bond acceptors (Lipinski definition) is 4. The molecule has 2 fully saturated rings. The summed E-state index contributed by atoms with van der Waals surface area (Å²) in [6.07, 6.45) is 4.22. The lowest BCUT2D eigenvalue weighted by atomic mass is 9.82. The van der Waals surface area contributed by atoms with Crippen molar-refractivity contribution >= 4 is 29.2 Å². The van der Waals surface area contributed by atoms with Crippen molar-refractivity contribution < 1.29 is 14.4 Å². The highest BCUT2D eigenvalue weighted by molar-refractivity contribution is 6.10. The van der Waals surface area contributed by atoms with Crippen molar-refractivity contribution in [3.8, 4) is 0 Å². The van der Waals surface area contributed by atoms with E-state index in [0.717, 1.165) is 35.4 Å². The molecular weight excluding hydrogens is 332 g/mol. The Morgan fingerprint density at radius 1 is 1.23 bits per heavy atom. The molecule has 1 aliphatic heterocycles. The molecule has 0 radical (unpaired) electrons. The standard InChI is InChI=1S/C19H26N4O3/c1-13-11-14(22(2)3)7-8-15(13)20-16(24)12-23-17(25)19(21-18(23)26)9-5-4-6-10-19/h7-8,11H,4-6,9-10,12H2,1-3H3,(H,20,24)(H,21,26). The lowest BCUT2D eigenvalue weighted by Crippen LogP contribution is -2.48. The molecule has 4 amide bonds. The van der Waals surface area contributed by atoms with E-state index in [-0.39, 0.29) is 18.4 Å². The van der Waals surface area contributed by atoms with Crippen LogP contribution in [0.5, 0.6) is 0 Å². The normalized spacial score (nSPS) is 18.8. The van der Waals surface area contributed by atoms with Crippen LogP contribution >= 0.6 is 0 Å². The quantitative estimate of drug-likeness (QED) is 0.809. The van der Waals surface area contributed by atoms with Crippen LogP contribution in [0, 0.1) is 6.92 Å². The number of carbonyl (C=O) groups is 3. The van der Waals surface area contributed by atoms with Gasteiger partial charge in [-0.15, -0.1) is 0 Å². The van der Waals surface area contributed by atoms with Crippen LogP contribution in [0.2, 0.25) is 0 Å². The summed E-state index contributed by atoms with van der Waals surface area (Å²) in [5.74, 6) is -0.640. The largest absolute Gasteiger partial charge is 0.378 e. The maximum atomic E-state index is 12.7. The Labute approximate surface area is 153 Å². The highest BCUT2D eigenvalue weighted by Gasteiger charge is 2.51. The predicted octanol–water partition coefficient (Wildman–Crippen LogP) is 2.25. The van der Waals surface area contributed by atoms with Gasteiger partial charge in [0.2, 0.25) is 5.91 Å². The number of hydrogen-bond donors (Lipinski definition) is 2. The highest BCUT2D eigenvalue weighted by atomic mass is 16.2. The zero-order valence-corrected chi connectivity index (χ0v) is 15.6. The van der Waals surface area contributed by atoms with Gasteiger partial charge in [-0.1, -0.05) is 19.3 Å². The van der Waals surface area contributed by atoms with Crippen molar-refractivity contribution in [3.05, 3.63) is 23.8 Å². The second kappa shape index (κ2) is 6.97. The molecule has 0 unspecified atom stereocenters. The van der Waals surface area contributed by atoms with Crippen molar-refractivity contribution in [3.63, 3.8) is 0 Å². The van der Waals surface area contributed by atoms with Gasteiger partial charge < -0.3 is 15.5 Å². The molecule has 3 rings (SSSR count). The molecule has 7 nitrogen and oxygen atoms in total. The van der Waals surface area contributed by atoms with E-state index in [9.17, 15) is 14.4 Å². The molecule has 26 heavy (non-hydrogen) atoms. The van der Waals surface area contributed by atoms with E-state index < -0.39 is 11.6 Å². The van der Waals surface area contributed by atoms with Crippen LogP contribution in [0.1, 0.15) is 37.7 Å². The molecular formula is C19H26N4O3. The summed E-state index contributed by atoms with van der Waals surface area (Å²) < 4.78 is 0. The monoisotopic (exact) mass is 358 g/mol. The van der Waals surface area contributed by atoms with E-state index >= 15 is 0 Å². The summed E-state index contributed by atoms with van der Waals surface area (Å²) in [7, 11) is 3.90. The predicted molar refractivity (Wildman–Crippen MR) is 100 cm³/mol. The lowest BCUT2D eigenvalue weighted by Gasteiger charge is -2.30. The van der Waals surface area contributed by atoms with Gasteiger partial charge in [-0.25, -0.2) is 4.79 Å². The number of aryl methyl sites for hydroxylation is 1. The smallest absolute Gasteiger partial charge is 0.325 e. The summed E-state index contributed by atoms with van der Waals surface area (Å²) in [5, 5.41) is 5.63. The number of amides is 4. The molecule has 1 heterocycles. The molecule has 0 aromatic heterocycles. The fourth-order valence-corrected chi connectivity index (χ4v) is 3.71. The molecule has 1 aliphatic carbocycles. The van der Waals surface area contributed by atoms with Gasteiger partial charge in [-0.3, -0.25) is 14.5 Å². The Bertz CT molecular complexity index is 738. The molecule has 1 aromatic carbocycles. The van der Waals surface area contributed by atoms with Gasteiger partial charge in [0.25, 0.3) is 5.91 Å².